The highest BCUT2D eigenvalue weighted by molar-refractivity contribution is 6.00. The Morgan fingerprint density at radius 2 is 1.85 bits per heavy atom. The van der Waals surface area contributed by atoms with Crippen molar-refractivity contribution < 1.29 is 9.59 Å². The third kappa shape index (κ3) is 3.75. The molecule has 174 valence electrons. The number of pyridine rings is 1. The Kier molecular flexibility index (Phi) is 5.34. The van der Waals surface area contributed by atoms with Gasteiger partial charge in [-0.1, -0.05) is 0 Å². The van der Waals surface area contributed by atoms with Crippen LogP contribution in [0.1, 0.15) is 76.8 Å². The Balaban J connectivity index is 1.53. The second-order valence-corrected chi connectivity index (χ2v) is 9.81. The number of hydrogen-bond donors (Lipinski definition) is 0. The van der Waals surface area contributed by atoms with Crippen LogP contribution in [0.15, 0.2) is 10.9 Å². The highest BCUT2D eigenvalue weighted by Crippen LogP contribution is 2.38. The number of nitrogens with zero attached hydrogens (tertiary/aromatic N) is 5. The van der Waals surface area contributed by atoms with E-state index in [2.05, 4.69) is 0 Å². The first-order valence-electron chi connectivity index (χ1n) is 11.9. The van der Waals surface area contributed by atoms with Crippen molar-refractivity contribution in [3.8, 4) is 0 Å². The van der Waals surface area contributed by atoms with E-state index >= 15 is 0 Å². The summed E-state index contributed by atoms with van der Waals surface area (Å²) in [4.78, 5) is 52.6. The Hall–Kier alpha value is -3.03. The average Bonchev–Trinajstić information content (AvgIpc) is 3.55. The first kappa shape index (κ1) is 21.8. The van der Waals surface area contributed by atoms with Crippen LogP contribution in [-0.4, -0.2) is 44.3 Å². The van der Waals surface area contributed by atoms with Crippen LogP contribution in [0.5, 0.6) is 0 Å². The van der Waals surface area contributed by atoms with Gasteiger partial charge in [-0.3, -0.25) is 19.3 Å². The van der Waals surface area contributed by atoms with Crippen molar-refractivity contribution in [2.75, 3.05) is 18.0 Å². The van der Waals surface area contributed by atoms with Crippen molar-refractivity contribution in [2.24, 2.45) is 13.0 Å². The standard InChI is InChI=1S/C25H31N5O3/c1-14-11-15(2)28(4)24(32)21(14)25(33)29-10-6-5-7-19(29)22-26-16(3)18-12-20(31)30(23(18)27-22)13-17-8-9-17/h11,17,19H,5-10,12-13H2,1-4H3. The van der Waals surface area contributed by atoms with Crippen molar-refractivity contribution in [3.63, 3.8) is 0 Å². The minimum Gasteiger partial charge on any atom is -0.328 e. The van der Waals surface area contributed by atoms with Gasteiger partial charge in [-0.25, -0.2) is 9.97 Å². The zero-order chi connectivity index (χ0) is 23.4. The lowest BCUT2D eigenvalue weighted by Gasteiger charge is -2.35. The number of rotatable bonds is 4. The monoisotopic (exact) mass is 449 g/mol. The lowest BCUT2D eigenvalue weighted by atomic mass is 9.98. The molecule has 4 heterocycles. The maximum Gasteiger partial charge on any atom is 0.263 e. The summed E-state index contributed by atoms with van der Waals surface area (Å²) < 4.78 is 1.52. The molecule has 1 saturated carbocycles. The van der Waals surface area contributed by atoms with E-state index in [1.165, 1.54) is 4.57 Å². The zero-order valence-corrected chi connectivity index (χ0v) is 19.8. The Bertz CT molecular complexity index is 1210. The molecule has 2 aromatic rings. The van der Waals surface area contributed by atoms with Crippen LogP contribution >= 0.6 is 0 Å². The molecule has 2 amide bonds. The molecule has 5 rings (SSSR count). The molecule has 0 N–H and O–H groups in total. The van der Waals surface area contributed by atoms with Gasteiger partial charge >= 0.3 is 0 Å². The summed E-state index contributed by atoms with van der Waals surface area (Å²) in [7, 11) is 1.69. The molecule has 2 fully saturated rings. The van der Waals surface area contributed by atoms with E-state index in [0.717, 1.165) is 54.9 Å². The van der Waals surface area contributed by atoms with E-state index in [4.69, 9.17) is 9.97 Å². The highest BCUT2D eigenvalue weighted by atomic mass is 16.2. The number of hydrogen-bond acceptors (Lipinski definition) is 5. The number of anilines is 1. The largest absolute Gasteiger partial charge is 0.328 e. The van der Waals surface area contributed by atoms with Crippen molar-refractivity contribution in [1.82, 2.24) is 19.4 Å². The van der Waals surface area contributed by atoms with Gasteiger partial charge < -0.3 is 9.47 Å². The van der Waals surface area contributed by atoms with Gasteiger partial charge in [0.15, 0.2) is 5.82 Å². The van der Waals surface area contributed by atoms with Crippen LogP contribution in [0.2, 0.25) is 0 Å². The number of carbonyl (C=O) groups excluding carboxylic acids is 2. The number of amides is 2. The Morgan fingerprint density at radius 1 is 1.09 bits per heavy atom. The van der Waals surface area contributed by atoms with Gasteiger partial charge in [-0.05, 0) is 70.4 Å². The van der Waals surface area contributed by atoms with Gasteiger partial charge in [0.05, 0.1) is 12.5 Å². The fraction of sp³-hybridized carbons (Fsp3) is 0.560. The highest BCUT2D eigenvalue weighted by Gasteiger charge is 2.38. The molecule has 2 aliphatic heterocycles. The number of likely N-dealkylation sites (tertiary alicyclic amines) is 1. The fourth-order valence-electron chi connectivity index (χ4n) is 5.12. The van der Waals surface area contributed by atoms with Gasteiger partial charge in [0.2, 0.25) is 5.91 Å². The van der Waals surface area contributed by atoms with E-state index in [1.807, 2.05) is 31.7 Å². The summed E-state index contributed by atoms with van der Waals surface area (Å²) >= 11 is 0. The Morgan fingerprint density at radius 3 is 2.58 bits per heavy atom. The molecule has 1 saturated heterocycles. The fourth-order valence-corrected chi connectivity index (χ4v) is 5.12. The molecule has 1 atom stereocenters. The molecule has 0 aromatic carbocycles. The van der Waals surface area contributed by atoms with Crippen LogP contribution < -0.4 is 10.5 Å². The molecule has 33 heavy (non-hydrogen) atoms. The number of carbonyl (C=O) groups is 2. The van der Waals surface area contributed by atoms with Crippen LogP contribution in [0.4, 0.5) is 5.82 Å². The third-order valence-electron chi connectivity index (χ3n) is 7.37. The summed E-state index contributed by atoms with van der Waals surface area (Å²) in [5, 5.41) is 0. The smallest absolute Gasteiger partial charge is 0.263 e. The predicted molar refractivity (Wildman–Crippen MR) is 124 cm³/mol. The molecule has 3 aliphatic rings. The molecule has 8 nitrogen and oxygen atoms in total. The molecular formula is C25H31N5O3. The first-order chi connectivity index (χ1) is 15.8. The topological polar surface area (TPSA) is 88.4 Å². The van der Waals surface area contributed by atoms with Crippen LogP contribution in [0, 0.1) is 26.7 Å². The molecule has 2 aromatic heterocycles. The van der Waals surface area contributed by atoms with E-state index in [9.17, 15) is 14.4 Å². The molecule has 8 heteroatoms. The molecule has 1 unspecified atom stereocenters. The number of aryl methyl sites for hydroxylation is 3. The van der Waals surface area contributed by atoms with Crippen LogP contribution in [0.3, 0.4) is 0 Å². The van der Waals surface area contributed by atoms with E-state index in [0.29, 0.717) is 36.8 Å². The maximum absolute atomic E-state index is 13.7. The van der Waals surface area contributed by atoms with Crippen LogP contribution in [-0.2, 0) is 18.3 Å². The minimum absolute atomic E-state index is 0.0850. The molecule has 0 radical (unpaired) electrons. The number of piperidine rings is 1. The summed E-state index contributed by atoms with van der Waals surface area (Å²) in [6, 6.07) is 1.57. The van der Waals surface area contributed by atoms with Crippen molar-refractivity contribution in [1.29, 1.82) is 0 Å². The lowest BCUT2D eigenvalue weighted by molar-refractivity contribution is -0.117. The molecule has 0 bridgehead atoms. The summed E-state index contributed by atoms with van der Waals surface area (Å²) in [6.07, 6.45) is 5.25. The SMILES string of the molecule is Cc1cc(C)n(C)c(=O)c1C(=O)N1CCCCC1c1nc(C)c2c(n1)N(CC1CC1)C(=O)C2. The predicted octanol–water partition coefficient (Wildman–Crippen LogP) is 2.77. The molecule has 1 aliphatic carbocycles. The maximum atomic E-state index is 13.7. The second kappa shape index (κ2) is 8.08. The van der Waals surface area contributed by atoms with Crippen molar-refractivity contribution in [2.45, 2.75) is 65.3 Å². The lowest BCUT2D eigenvalue weighted by Crippen LogP contribution is -2.43. The summed E-state index contributed by atoms with van der Waals surface area (Å²) in [5.41, 5.74) is 3.18. The summed E-state index contributed by atoms with van der Waals surface area (Å²) in [6.45, 7) is 6.88. The van der Waals surface area contributed by atoms with E-state index in [-0.39, 0.29) is 29.0 Å². The van der Waals surface area contributed by atoms with Crippen LogP contribution in [0.25, 0.3) is 0 Å². The van der Waals surface area contributed by atoms with Gasteiger partial charge in [0.25, 0.3) is 11.5 Å². The average molecular weight is 450 g/mol. The van der Waals surface area contributed by atoms with Gasteiger partial charge in [-0.15, -0.1) is 0 Å². The third-order valence-corrected chi connectivity index (χ3v) is 7.37. The van der Waals surface area contributed by atoms with Gasteiger partial charge in [0, 0.05) is 37.1 Å². The van der Waals surface area contributed by atoms with E-state index in [1.54, 1.807) is 11.9 Å². The zero-order valence-electron chi connectivity index (χ0n) is 19.8. The second-order valence-electron chi connectivity index (χ2n) is 9.81. The first-order valence-corrected chi connectivity index (χ1v) is 11.9. The van der Waals surface area contributed by atoms with Crippen molar-refractivity contribution >= 4 is 17.6 Å². The normalized spacial score (nSPS) is 20.4. The Labute approximate surface area is 193 Å². The number of fused-ring (bicyclic) bond motifs is 1. The molecule has 0 spiro atoms. The number of aromatic nitrogens is 3. The van der Waals surface area contributed by atoms with Gasteiger partial charge in [0.1, 0.15) is 11.4 Å². The quantitative estimate of drug-likeness (QED) is 0.716. The minimum atomic E-state index is -0.306. The van der Waals surface area contributed by atoms with Gasteiger partial charge in [-0.2, -0.15) is 0 Å². The molecular weight excluding hydrogens is 418 g/mol. The van der Waals surface area contributed by atoms with Crippen molar-refractivity contribution in [3.05, 3.63) is 50.3 Å². The van der Waals surface area contributed by atoms with E-state index < -0.39 is 0 Å². The summed E-state index contributed by atoms with van der Waals surface area (Å²) in [5.74, 6) is 1.69.